The summed E-state index contributed by atoms with van der Waals surface area (Å²) in [5.74, 6) is 1.31. The van der Waals surface area contributed by atoms with Gasteiger partial charge in [0.1, 0.15) is 18.5 Å². The summed E-state index contributed by atoms with van der Waals surface area (Å²) in [6.45, 7) is 7.22. The van der Waals surface area contributed by atoms with Gasteiger partial charge in [0.25, 0.3) is 5.56 Å². The van der Waals surface area contributed by atoms with Crippen molar-refractivity contribution in [3.8, 4) is 5.75 Å². The number of H-pyrrole nitrogens is 1. The highest BCUT2D eigenvalue weighted by Crippen LogP contribution is 2.28. The predicted molar refractivity (Wildman–Crippen MR) is 128 cm³/mol. The first-order chi connectivity index (χ1) is 15.8. The first kappa shape index (κ1) is 23.1. The smallest absolute Gasteiger partial charge is 0.329 e. The van der Waals surface area contributed by atoms with Crippen LogP contribution in [0, 0.1) is 13.8 Å². The van der Waals surface area contributed by atoms with E-state index in [9.17, 15) is 14.7 Å². The van der Waals surface area contributed by atoms with Crippen LogP contribution in [0.3, 0.4) is 0 Å². The third kappa shape index (κ3) is 4.55. The average molecular weight is 456 g/mol. The Kier molecular flexibility index (Phi) is 6.60. The molecule has 178 valence electrons. The molecule has 2 aromatic heterocycles. The lowest BCUT2D eigenvalue weighted by Gasteiger charge is -2.36. The van der Waals surface area contributed by atoms with Crippen LogP contribution in [-0.4, -0.2) is 49.5 Å². The molecule has 2 N–H and O–H groups in total. The van der Waals surface area contributed by atoms with Crippen molar-refractivity contribution in [2.24, 2.45) is 7.05 Å². The Bertz CT molecular complexity index is 1260. The topological polar surface area (TPSA) is 105 Å². The van der Waals surface area contributed by atoms with E-state index in [1.165, 1.54) is 10.1 Å². The number of hydrogen-bond donors (Lipinski definition) is 2. The lowest BCUT2D eigenvalue weighted by Crippen LogP contribution is -2.41. The Morgan fingerprint density at radius 1 is 1.24 bits per heavy atom. The number of rotatable bonds is 7. The van der Waals surface area contributed by atoms with E-state index in [1.807, 2.05) is 32.0 Å². The van der Waals surface area contributed by atoms with Gasteiger partial charge in [-0.25, -0.2) is 4.79 Å². The maximum absolute atomic E-state index is 12.8. The highest BCUT2D eigenvalue weighted by molar-refractivity contribution is 5.74. The quantitative estimate of drug-likeness (QED) is 0.566. The van der Waals surface area contributed by atoms with Gasteiger partial charge < -0.3 is 19.3 Å². The standard InChI is InChI=1S/C24H33N5O4/c1-5-17-8-6-7-11-28(17)23-25-21-20(22(31)26-24(32)27(21)4)29(23)13-18(30)14-33-19-10-9-15(2)16(3)12-19/h9-10,12,17-18,30H,5-8,11,13-14H2,1-4H3,(H,26,31,32)/t17-,18+/m1/s1. The molecule has 3 aromatic rings. The maximum Gasteiger partial charge on any atom is 0.329 e. The zero-order valence-corrected chi connectivity index (χ0v) is 19.8. The molecule has 1 fully saturated rings. The number of fused-ring (bicyclic) bond motifs is 1. The molecule has 3 heterocycles. The number of aliphatic hydroxyl groups is 1. The molecule has 0 unspecified atom stereocenters. The van der Waals surface area contributed by atoms with Gasteiger partial charge in [0.2, 0.25) is 5.95 Å². The van der Waals surface area contributed by atoms with Crippen molar-refractivity contribution in [3.05, 3.63) is 50.2 Å². The summed E-state index contributed by atoms with van der Waals surface area (Å²) >= 11 is 0. The van der Waals surface area contributed by atoms with Crippen molar-refractivity contribution in [1.82, 2.24) is 19.1 Å². The molecule has 1 saturated heterocycles. The summed E-state index contributed by atoms with van der Waals surface area (Å²) in [6.07, 6.45) is 3.32. The number of aromatic nitrogens is 4. The largest absolute Gasteiger partial charge is 0.491 e. The van der Waals surface area contributed by atoms with Gasteiger partial charge in [0.15, 0.2) is 11.2 Å². The lowest BCUT2D eigenvalue weighted by atomic mass is 10.0. The first-order valence-corrected chi connectivity index (χ1v) is 11.6. The van der Waals surface area contributed by atoms with E-state index in [0.717, 1.165) is 37.8 Å². The molecule has 1 aromatic carbocycles. The van der Waals surface area contributed by atoms with Crippen LogP contribution in [0.15, 0.2) is 27.8 Å². The van der Waals surface area contributed by atoms with Crippen LogP contribution in [0.5, 0.6) is 5.75 Å². The van der Waals surface area contributed by atoms with Crippen LogP contribution in [0.1, 0.15) is 43.7 Å². The second kappa shape index (κ2) is 9.43. The third-order valence-corrected chi connectivity index (χ3v) is 6.66. The number of hydrogen-bond acceptors (Lipinski definition) is 6. The Morgan fingerprint density at radius 3 is 2.76 bits per heavy atom. The molecule has 0 spiro atoms. The van der Waals surface area contributed by atoms with Gasteiger partial charge in [-0.1, -0.05) is 13.0 Å². The lowest BCUT2D eigenvalue weighted by molar-refractivity contribution is 0.0934. The van der Waals surface area contributed by atoms with Crippen molar-refractivity contribution in [3.63, 3.8) is 0 Å². The van der Waals surface area contributed by atoms with E-state index in [0.29, 0.717) is 23.4 Å². The van der Waals surface area contributed by atoms with Crippen molar-refractivity contribution in [2.45, 2.75) is 65.1 Å². The summed E-state index contributed by atoms with van der Waals surface area (Å²) < 4.78 is 8.92. The fourth-order valence-corrected chi connectivity index (χ4v) is 4.56. The van der Waals surface area contributed by atoms with Crippen molar-refractivity contribution < 1.29 is 9.84 Å². The molecule has 1 aliphatic rings. The van der Waals surface area contributed by atoms with Gasteiger partial charge in [-0.2, -0.15) is 4.98 Å². The van der Waals surface area contributed by atoms with E-state index >= 15 is 0 Å². The summed E-state index contributed by atoms with van der Waals surface area (Å²) in [6, 6.07) is 6.11. The van der Waals surface area contributed by atoms with Crippen LogP contribution in [0.4, 0.5) is 5.95 Å². The monoisotopic (exact) mass is 455 g/mol. The molecule has 1 aliphatic heterocycles. The number of aromatic amines is 1. The highest BCUT2D eigenvalue weighted by Gasteiger charge is 2.28. The second-order valence-electron chi connectivity index (χ2n) is 8.98. The average Bonchev–Trinajstić information content (AvgIpc) is 3.17. The SMILES string of the molecule is CC[C@@H]1CCCCN1c1nc2c(c(=O)[nH]c(=O)n2C)n1C[C@H](O)COc1ccc(C)c(C)c1. The molecular weight excluding hydrogens is 422 g/mol. The molecule has 0 aliphatic carbocycles. The molecular formula is C24H33N5O4. The van der Waals surface area contributed by atoms with Gasteiger partial charge in [-0.05, 0) is 62.8 Å². The number of aliphatic hydroxyl groups excluding tert-OH is 1. The van der Waals surface area contributed by atoms with E-state index in [-0.39, 0.29) is 18.7 Å². The molecule has 0 bridgehead atoms. The molecule has 9 heteroatoms. The molecule has 33 heavy (non-hydrogen) atoms. The zero-order chi connectivity index (χ0) is 23.7. The number of piperidine rings is 1. The minimum absolute atomic E-state index is 0.0719. The van der Waals surface area contributed by atoms with E-state index < -0.39 is 17.4 Å². The van der Waals surface area contributed by atoms with E-state index in [1.54, 1.807) is 11.6 Å². The van der Waals surface area contributed by atoms with E-state index in [2.05, 4.69) is 16.8 Å². The molecule has 0 saturated carbocycles. The van der Waals surface area contributed by atoms with Gasteiger partial charge >= 0.3 is 5.69 Å². The van der Waals surface area contributed by atoms with E-state index in [4.69, 9.17) is 9.72 Å². The second-order valence-corrected chi connectivity index (χ2v) is 8.98. The molecule has 4 rings (SSSR count). The summed E-state index contributed by atoms with van der Waals surface area (Å²) in [7, 11) is 1.59. The van der Waals surface area contributed by atoms with Crippen molar-refractivity contribution in [1.29, 1.82) is 0 Å². The van der Waals surface area contributed by atoms with Crippen LogP contribution in [0.2, 0.25) is 0 Å². The Balaban J connectivity index is 1.68. The number of anilines is 1. The highest BCUT2D eigenvalue weighted by atomic mass is 16.5. The van der Waals surface area contributed by atoms with Gasteiger partial charge in [0.05, 0.1) is 6.54 Å². The summed E-state index contributed by atoms with van der Waals surface area (Å²) in [5.41, 5.74) is 1.90. The zero-order valence-electron chi connectivity index (χ0n) is 19.8. The number of ether oxygens (including phenoxy) is 1. The molecule has 0 amide bonds. The number of aryl methyl sites for hydroxylation is 3. The summed E-state index contributed by atoms with van der Waals surface area (Å²) in [5, 5.41) is 10.9. The van der Waals surface area contributed by atoms with Crippen LogP contribution in [0.25, 0.3) is 11.2 Å². The van der Waals surface area contributed by atoms with Crippen LogP contribution in [-0.2, 0) is 13.6 Å². The van der Waals surface area contributed by atoms with Gasteiger partial charge in [-0.15, -0.1) is 0 Å². The number of benzene rings is 1. The molecule has 9 nitrogen and oxygen atoms in total. The summed E-state index contributed by atoms with van der Waals surface area (Å²) in [4.78, 5) is 34.3. The maximum atomic E-state index is 12.8. The van der Waals surface area contributed by atoms with Crippen LogP contribution >= 0.6 is 0 Å². The van der Waals surface area contributed by atoms with Crippen molar-refractivity contribution in [2.75, 3.05) is 18.1 Å². The normalized spacial score (nSPS) is 17.5. The Labute approximate surface area is 192 Å². The predicted octanol–water partition coefficient (Wildman–Crippen LogP) is 2.25. The minimum atomic E-state index is -0.871. The fourth-order valence-electron chi connectivity index (χ4n) is 4.56. The van der Waals surface area contributed by atoms with Gasteiger partial charge in [-0.3, -0.25) is 14.3 Å². The number of imidazole rings is 1. The van der Waals surface area contributed by atoms with Crippen molar-refractivity contribution >= 4 is 17.1 Å². The Morgan fingerprint density at radius 2 is 2.03 bits per heavy atom. The van der Waals surface area contributed by atoms with Gasteiger partial charge in [0, 0.05) is 19.6 Å². The van der Waals surface area contributed by atoms with Crippen LogP contribution < -0.4 is 20.9 Å². The minimum Gasteiger partial charge on any atom is -0.491 e. The molecule has 0 radical (unpaired) electrons. The first-order valence-electron chi connectivity index (χ1n) is 11.6. The number of nitrogens with zero attached hydrogens (tertiary/aromatic N) is 4. The fraction of sp³-hybridized carbons (Fsp3) is 0.542. The number of nitrogens with one attached hydrogen (secondary N) is 1. The third-order valence-electron chi connectivity index (χ3n) is 6.66. The Hall–Kier alpha value is -3.07. The molecule has 2 atom stereocenters.